The van der Waals surface area contributed by atoms with Crippen LogP contribution < -0.4 is 5.43 Å². The summed E-state index contributed by atoms with van der Waals surface area (Å²) in [4.78, 5) is 19.0. The molecule has 1 saturated carbocycles. The maximum atomic E-state index is 12.6. The molecule has 3 saturated heterocycles. The lowest BCUT2D eigenvalue weighted by atomic mass is 9.91. The lowest BCUT2D eigenvalue weighted by molar-refractivity contribution is -0.130. The van der Waals surface area contributed by atoms with Crippen molar-refractivity contribution in [3.05, 3.63) is 24.3 Å². The van der Waals surface area contributed by atoms with Crippen LogP contribution in [0.1, 0.15) is 32.6 Å². The van der Waals surface area contributed by atoms with Crippen molar-refractivity contribution >= 4 is 27.3 Å². The maximum absolute atomic E-state index is 12.6. The molecule has 1 N–H and O–H groups in total. The molecule has 30 heavy (non-hydrogen) atoms. The van der Waals surface area contributed by atoms with Crippen molar-refractivity contribution in [1.82, 2.24) is 15.3 Å². The number of piperidine rings is 1. The molecule has 1 amide bonds. The fourth-order valence-electron chi connectivity index (χ4n) is 4.78. The van der Waals surface area contributed by atoms with Crippen LogP contribution >= 0.6 is 0 Å². The third kappa shape index (κ3) is 3.63. The lowest BCUT2D eigenvalue weighted by Gasteiger charge is -2.37. The molecule has 0 radical (unpaired) electrons. The molecule has 8 nitrogen and oxygen atoms in total. The Morgan fingerprint density at radius 2 is 2.07 bits per heavy atom. The molecule has 0 spiro atoms. The number of fused-ring (bicyclic) bond motifs is 1. The van der Waals surface area contributed by atoms with Crippen LogP contribution in [-0.4, -0.2) is 73.7 Å². The largest absolute Gasteiger partial charge is 0.380 e. The molecular formula is C21H28N4O4S. The molecule has 4 fully saturated rings. The van der Waals surface area contributed by atoms with E-state index in [4.69, 9.17) is 9.73 Å². The van der Waals surface area contributed by atoms with E-state index in [1.54, 1.807) is 25.1 Å². The van der Waals surface area contributed by atoms with Crippen LogP contribution in [0.5, 0.6) is 0 Å². The molecule has 3 aliphatic heterocycles. The van der Waals surface area contributed by atoms with Crippen molar-refractivity contribution in [3.8, 4) is 0 Å². The summed E-state index contributed by atoms with van der Waals surface area (Å²) in [6, 6.07) is 7.46. The smallest absolute Gasteiger partial charge is 0.219 e. The third-order valence-corrected chi connectivity index (χ3v) is 8.89. The molecule has 3 unspecified atom stereocenters. The molecule has 1 aliphatic carbocycles. The highest BCUT2D eigenvalue weighted by molar-refractivity contribution is 7.92. The summed E-state index contributed by atoms with van der Waals surface area (Å²) in [5.41, 5.74) is 4.12. The summed E-state index contributed by atoms with van der Waals surface area (Å²) >= 11 is 0. The summed E-state index contributed by atoms with van der Waals surface area (Å²) in [6.07, 6.45) is 3.33. The second-order valence-electron chi connectivity index (χ2n) is 8.70. The Kier molecular flexibility index (Phi) is 5.07. The highest BCUT2D eigenvalue weighted by Gasteiger charge is 2.46. The number of rotatable bonds is 4. The average Bonchev–Trinajstić information content (AvgIpc) is 3.36. The number of nitrogens with zero attached hydrogens (tertiary/aromatic N) is 3. The van der Waals surface area contributed by atoms with E-state index in [9.17, 15) is 13.2 Å². The van der Waals surface area contributed by atoms with Crippen LogP contribution in [-0.2, 0) is 19.4 Å². The predicted molar refractivity (Wildman–Crippen MR) is 112 cm³/mol. The van der Waals surface area contributed by atoms with Gasteiger partial charge in [-0.3, -0.25) is 4.79 Å². The Balaban J connectivity index is 1.45. The fraction of sp³-hybridized carbons (Fsp3) is 0.619. The Labute approximate surface area is 177 Å². The molecule has 1 aromatic rings. The highest BCUT2D eigenvalue weighted by atomic mass is 32.2. The molecule has 3 atom stereocenters. The van der Waals surface area contributed by atoms with Crippen molar-refractivity contribution in [1.29, 1.82) is 0 Å². The van der Waals surface area contributed by atoms with Crippen LogP contribution in [0.2, 0.25) is 0 Å². The molecule has 1 aromatic carbocycles. The number of hydrazine groups is 1. The van der Waals surface area contributed by atoms with E-state index >= 15 is 0 Å². The summed E-state index contributed by atoms with van der Waals surface area (Å²) < 4.78 is 30.8. The SMILES string of the molecule is CC(=O)N1CCC2C(C1)C(=Nc1cccc(S(=O)(=O)C3CC3)c1)NN2C1CCOC1. The van der Waals surface area contributed by atoms with Gasteiger partial charge < -0.3 is 15.1 Å². The van der Waals surface area contributed by atoms with Gasteiger partial charge in [0.2, 0.25) is 5.91 Å². The molecule has 0 aromatic heterocycles. The van der Waals surface area contributed by atoms with E-state index in [-0.39, 0.29) is 29.2 Å². The first-order valence-corrected chi connectivity index (χ1v) is 12.3. The number of hydrogen-bond acceptors (Lipinski definition) is 6. The van der Waals surface area contributed by atoms with Crippen LogP contribution in [0, 0.1) is 5.92 Å². The minimum absolute atomic E-state index is 0.0759. The van der Waals surface area contributed by atoms with Gasteiger partial charge in [-0.25, -0.2) is 18.4 Å². The number of benzene rings is 1. The van der Waals surface area contributed by atoms with Gasteiger partial charge >= 0.3 is 0 Å². The molecule has 4 aliphatic rings. The number of sulfone groups is 1. The average molecular weight is 433 g/mol. The molecule has 3 heterocycles. The van der Waals surface area contributed by atoms with E-state index in [2.05, 4.69) is 10.4 Å². The van der Waals surface area contributed by atoms with Gasteiger partial charge in [0.15, 0.2) is 9.84 Å². The standard InChI is InChI=1S/C21H28N4O4S/c1-14(26)24-9-7-20-19(12-24)21(23-25(20)16-8-10-29-13-16)22-15-3-2-4-18(11-15)30(27,28)17-5-6-17/h2-4,11,16-17,19-20H,5-10,12-13H2,1H3,(H,22,23). The Hall–Kier alpha value is -1.97. The Morgan fingerprint density at radius 3 is 2.77 bits per heavy atom. The molecule has 0 bridgehead atoms. The predicted octanol–water partition coefficient (Wildman–Crippen LogP) is 1.50. The van der Waals surface area contributed by atoms with E-state index < -0.39 is 9.84 Å². The van der Waals surface area contributed by atoms with Gasteiger partial charge in [0.05, 0.1) is 34.4 Å². The summed E-state index contributed by atoms with van der Waals surface area (Å²) in [7, 11) is -3.26. The second-order valence-corrected chi connectivity index (χ2v) is 10.9. The number of carbonyl (C=O) groups is 1. The minimum Gasteiger partial charge on any atom is -0.380 e. The van der Waals surface area contributed by atoms with Crippen molar-refractivity contribution in [2.45, 2.75) is 54.8 Å². The van der Waals surface area contributed by atoms with Crippen LogP contribution in [0.3, 0.4) is 0 Å². The number of carbonyl (C=O) groups excluding carboxylic acids is 1. The Morgan fingerprint density at radius 1 is 1.23 bits per heavy atom. The van der Waals surface area contributed by atoms with Crippen LogP contribution in [0.15, 0.2) is 34.2 Å². The maximum Gasteiger partial charge on any atom is 0.219 e. The number of hydrogen-bond donors (Lipinski definition) is 1. The number of nitrogens with one attached hydrogen (secondary N) is 1. The van der Waals surface area contributed by atoms with Crippen LogP contribution in [0.4, 0.5) is 5.69 Å². The van der Waals surface area contributed by atoms with Gasteiger partial charge in [0, 0.05) is 32.7 Å². The number of ether oxygens (including phenoxy) is 1. The zero-order valence-electron chi connectivity index (χ0n) is 17.2. The zero-order valence-corrected chi connectivity index (χ0v) is 18.0. The summed E-state index contributed by atoms with van der Waals surface area (Å²) in [5.74, 6) is 0.957. The zero-order chi connectivity index (χ0) is 20.9. The molecule has 5 rings (SSSR count). The fourth-order valence-corrected chi connectivity index (χ4v) is 6.47. The van der Waals surface area contributed by atoms with Gasteiger partial charge in [-0.15, -0.1) is 0 Å². The minimum atomic E-state index is -3.26. The summed E-state index contributed by atoms with van der Waals surface area (Å²) in [6.45, 7) is 4.41. The van der Waals surface area contributed by atoms with E-state index in [0.29, 0.717) is 23.7 Å². The van der Waals surface area contributed by atoms with E-state index in [1.165, 1.54) is 0 Å². The monoisotopic (exact) mass is 432 g/mol. The second kappa shape index (κ2) is 7.62. The number of amides is 1. The highest BCUT2D eigenvalue weighted by Crippen LogP contribution is 2.35. The van der Waals surface area contributed by atoms with Gasteiger partial charge in [0.1, 0.15) is 5.84 Å². The van der Waals surface area contributed by atoms with Gasteiger partial charge in [-0.2, -0.15) is 0 Å². The van der Waals surface area contributed by atoms with Crippen molar-refractivity contribution in [3.63, 3.8) is 0 Å². The van der Waals surface area contributed by atoms with Crippen molar-refractivity contribution < 1.29 is 17.9 Å². The number of likely N-dealkylation sites (tertiary alicyclic amines) is 1. The quantitative estimate of drug-likeness (QED) is 0.775. The van der Waals surface area contributed by atoms with Crippen molar-refractivity contribution in [2.24, 2.45) is 10.9 Å². The first-order valence-electron chi connectivity index (χ1n) is 10.7. The normalized spacial score (nSPS) is 31.0. The molecule has 162 valence electrons. The van der Waals surface area contributed by atoms with Gasteiger partial charge in [-0.05, 0) is 43.9 Å². The van der Waals surface area contributed by atoms with Crippen molar-refractivity contribution in [2.75, 3.05) is 26.3 Å². The summed E-state index contributed by atoms with van der Waals surface area (Å²) in [5, 5.41) is 2.02. The first-order chi connectivity index (χ1) is 14.4. The number of aliphatic imine (C=N–C) groups is 1. The molecular weight excluding hydrogens is 404 g/mol. The topological polar surface area (TPSA) is 91.3 Å². The van der Waals surface area contributed by atoms with Crippen LogP contribution in [0.25, 0.3) is 0 Å². The van der Waals surface area contributed by atoms with Gasteiger partial charge in [-0.1, -0.05) is 6.07 Å². The lowest BCUT2D eigenvalue weighted by Crippen LogP contribution is -2.51. The third-order valence-electron chi connectivity index (χ3n) is 6.63. The van der Waals surface area contributed by atoms with Gasteiger partial charge in [0.25, 0.3) is 0 Å². The number of amidine groups is 1. The van der Waals surface area contributed by atoms with E-state index in [1.807, 2.05) is 11.0 Å². The van der Waals surface area contributed by atoms with E-state index in [0.717, 1.165) is 44.7 Å². The Bertz CT molecular complexity index is 969. The molecule has 9 heteroatoms. The first kappa shape index (κ1) is 20.0.